The van der Waals surface area contributed by atoms with Crippen LogP contribution in [0, 0.1) is 3.57 Å². The molecule has 0 unspecified atom stereocenters. The van der Waals surface area contributed by atoms with Gasteiger partial charge in [-0.05, 0) is 62.8 Å². The van der Waals surface area contributed by atoms with Crippen molar-refractivity contribution in [1.82, 2.24) is 4.98 Å². The van der Waals surface area contributed by atoms with Crippen molar-refractivity contribution >= 4 is 50.1 Å². The maximum Gasteiger partial charge on any atom is 0.274 e. The van der Waals surface area contributed by atoms with Crippen LogP contribution in [-0.2, 0) is 0 Å². The third-order valence-corrected chi connectivity index (χ3v) is 3.45. The second kappa shape index (κ2) is 5.59. The van der Waals surface area contributed by atoms with Crippen molar-refractivity contribution in [2.75, 3.05) is 5.32 Å². The average molecular weight is 403 g/mol. The number of anilines is 1. The van der Waals surface area contributed by atoms with Crippen LogP contribution in [0.5, 0.6) is 0 Å². The van der Waals surface area contributed by atoms with Gasteiger partial charge >= 0.3 is 0 Å². The second-order valence-corrected chi connectivity index (χ2v) is 5.25. The molecule has 0 atom stereocenters. The van der Waals surface area contributed by atoms with Crippen molar-refractivity contribution in [3.63, 3.8) is 0 Å². The van der Waals surface area contributed by atoms with E-state index in [0.717, 1.165) is 9.26 Å². The summed E-state index contributed by atoms with van der Waals surface area (Å²) in [4.78, 5) is 16.0. The molecule has 1 aromatic heterocycles. The zero-order chi connectivity index (χ0) is 12.3. The lowest BCUT2D eigenvalue weighted by Gasteiger charge is -2.06. The van der Waals surface area contributed by atoms with E-state index in [1.54, 1.807) is 18.2 Å². The third kappa shape index (κ3) is 3.26. The molecule has 0 aliphatic carbocycles. The van der Waals surface area contributed by atoms with Crippen LogP contribution in [0.25, 0.3) is 0 Å². The Kier molecular flexibility index (Phi) is 4.11. The lowest BCUT2D eigenvalue weighted by molar-refractivity contribution is 0.102. The van der Waals surface area contributed by atoms with E-state index in [0.29, 0.717) is 10.3 Å². The normalized spacial score (nSPS) is 10.0. The van der Waals surface area contributed by atoms with E-state index in [1.807, 2.05) is 24.3 Å². The molecule has 0 bridgehead atoms. The molecule has 0 aliphatic heterocycles. The number of benzene rings is 1. The highest BCUT2D eigenvalue weighted by Gasteiger charge is 2.09. The highest BCUT2D eigenvalue weighted by atomic mass is 127. The minimum Gasteiger partial charge on any atom is -0.320 e. The van der Waals surface area contributed by atoms with Crippen LogP contribution >= 0.6 is 38.5 Å². The first kappa shape index (κ1) is 12.5. The first-order chi connectivity index (χ1) is 8.16. The zero-order valence-electron chi connectivity index (χ0n) is 8.65. The fourth-order valence-electron chi connectivity index (χ4n) is 1.28. The van der Waals surface area contributed by atoms with Gasteiger partial charge in [0.2, 0.25) is 0 Å². The number of hydrogen-bond donors (Lipinski definition) is 1. The Morgan fingerprint density at radius 2 is 1.94 bits per heavy atom. The van der Waals surface area contributed by atoms with Gasteiger partial charge in [-0.1, -0.05) is 18.2 Å². The smallest absolute Gasteiger partial charge is 0.274 e. The number of aromatic nitrogens is 1. The maximum absolute atomic E-state index is 11.9. The highest BCUT2D eigenvalue weighted by Crippen LogP contribution is 2.17. The van der Waals surface area contributed by atoms with Gasteiger partial charge < -0.3 is 5.32 Å². The van der Waals surface area contributed by atoms with E-state index in [4.69, 9.17) is 0 Å². The maximum atomic E-state index is 11.9. The summed E-state index contributed by atoms with van der Waals surface area (Å²) in [5.74, 6) is -0.213. The van der Waals surface area contributed by atoms with Gasteiger partial charge in [0.05, 0.1) is 5.69 Å². The largest absolute Gasteiger partial charge is 0.320 e. The first-order valence-corrected chi connectivity index (χ1v) is 6.72. The predicted octanol–water partition coefficient (Wildman–Crippen LogP) is 3.70. The number of pyridine rings is 1. The molecule has 1 N–H and O–H groups in total. The van der Waals surface area contributed by atoms with E-state index in [1.165, 1.54) is 0 Å². The van der Waals surface area contributed by atoms with Gasteiger partial charge in [0.1, 0.15) is 10.3 Å². The molecule has 0 saturated heterocycles. The van der Waals surface area contributed by atoms with Crippen LogP contribution in [0.3, 0.4) is 0 Å². The molecule has 1 aromatic carbocycles. The standard InChI is InChI=1S/C12H8BrIN2O/c13-11-7-3-6-10(15-11)12(17)16-9-5-2-1-4-8(9)14/h1-7H,(H,16,17). The fourth-order valence-corrected chi connectivity index (χ4v) is 2.15. The Morgan fingerprint density at radius 3 is 2.65 bits per heavy atom. The quantitative estimate of drug-likeness (QED) is 0.614. The molecule has 3 nitrogen and oxygen atoms in total. The molecule has 0 saturated carbocycles. The predicted molar refractivity (Wildman–Crippen MR) is 79.0 cm³/mol. The average Bonchev–Trinajstić information content (AvgIpc) is 2.32. The van der Waals surface area contributed by atoms with E-state index in [9.17, 15) is 4.79 Å². The molecule has 0 radical (unpaired) electrons. The van der Waals surface area contributed by atoms with Crippen molar-refractivity contribution < 1.29 is 4.79 Å². The summed E-state index contributed by atoms with van der Waals surface area (Å²) in [6.45, 7) is 0. The molecular formula is C12H8BrIN2O. The van der Waals surface area contributed by atoms with Gasteiger partial charge in [0, 0.05) is 3.57 Å². The fraction of sp³-hybridized carbons (Fsp3) is 0. The summed E-state index contributed by atoms with van der Waals surface area (Å²) in [5.41, 5.74) is 1.18. The number of para-hydroxylation sites is 1. The van der Waals surface area contributed by atoms with Crippen LogP contribution in [-0.4, -0.2) is 10.9 Å². The van der Waals surface area contributed by atoms with Gasteiger partial charge in [-0.15, -0.1) is 0 Å². The van der Waals surface area contributed by atoms with E-state index < -0.39 is 0 Å². The SMILES string of the molecule is O=C(Nc1ccccc1I)c1cccc(Br)n1. The van der Waals surface area contributed by atoms with Gasteiger partial charge in [0.25, 0.3) is 5.91 Å². The van der Waals surface area contributed by atoms with E-state index in [-0.39, 0.29) is 5.91 Å². The number of halogens is 2. The van der Waals surface area contributed by atoms with Gasteiger partial charge in [0.15, 0.2) is 0 Å². The molecule has 86 valence electrons. The second-order valence-electron chi connectivity index (χ2n) is 3.28. The summed E-state index contributed by atoms with van der Waals surface area (Å²) in [6.07, 6.45) is 0. The molecule has 5 heteroatoms. The summed E-state index contributed by atoms with van der Waals surface area (Å²) in [5, 5.41) is 2.82. The molecule has 2 aromatic rings. The minimum absolute atomic E-state index is 0.213. The van der Waals surface area contributed by atoms with E-state index >= 15 is 0 Å². The monoisotopic (exact) mass is 402 g/mol. The number of carbonyl (C=O) groups excluding carboxylic acids is 1. The summed E-state index contributed by atoms with van der Waals surface area (Å²) in [7, 11) is 0. The zero-order valence-corrected chi connectivity index (χ0v) is 12.4. The Labute approximate surface area is 121 Å². The van der Waals surface area contributed by atoms with Crippen molar-refractivity contribution in [3.05, 3.63) is 56.3 Å². The number of amides is 1. The number of rotatable bonds is 2. The summed E-state index contributed by atoms with van der Waals surface area (Å²) in [6, 6.07) is 12.8. The molecule has 1 amide bonds. The third-order valence-electron chi connectivity index (χ3n) is 2.07. The first-order valence-electron chi connectivity index (χ1n) is 4.85. The molecule has 0 spiro atoms. The van der Waals surface area contributed by atoms with Crippen LogP contribution in [0.4, 0.5) is 5.69 Å². The van der Waals surface area contributed by atoms with Crippen LogP contribution in [0.2, 0.25) is 0 Å². The Bertz CT molecular complexity index is 560. The molecule has 2 rings (SSSR count). The molecule has 1 heterocycles. The Morgan fingerprint density at radius 1 is 1.18 bits per heavy atom. The molecule has 0 fully saturated rings. The summed E-state index contributed by atoms with van der Waals surface area (Å²) >= 11 is 5.41. The highest BCUT2D eigenvalue weighted by molar-refractivity contribution is 14.1. The Balaban J connectivity index is 2.20. The lowest BCUT2D eigenvalue weighted by atomic mass is 10.3. The van der Waals surface area contributed by atoms with E-state index in [2.05, 4.69) is 48.8 Å². The lowest BCUT2D eigenvalue weighted by Crippen LogP contribution is -2.14. The summed E-state index contributed by atoms with van der Waals surface area (Å²) < 4.78 is 1.64. The van der Waals surface area contributed by atoms with Gasteiger partial charge in [-0.25, -0.2) is 4.98 Å². The number of carbonyl (C=O) groups is 1. The van der Waals surface area contributed by atoms with Crippen molar-refractivity contribution in [1.29, 1.82) is 0 Å². The Hall–Kier alpha value is -0.950. The van der Waals surface area contributed by atoms with Crippen LogP contribution in [0.15, 0.2) is 47.1 Å². The number of nitrogens with zero attached hydrogens (tertiary/aromatic N) is 1. The minimum atomic E-state index is -0.213. The van der Waals surface area contributed by atoms with Gasteiger partial charge in [-0.3, -0.25) is 4.79 Å². The number of hydrogen-bond acceptors (Lipinski definition) is 2. The van der Waals surface area contributed by atoms with Crippen molar-refractivity contribution in [2.24, 2.45) is 0 Å². The topological polar surface area (TPSA) is 42.0 Å². The number of nitrogens with one attached hydrogen (secondary N) is 1. The van der Waals surface area contributed by atoms with Crippen LogP contribution in [0.1, 0.15) is 10.5 Å². The molecule has 17 heavy (non-hydrogen) atoms. The van der Waals surface area contributed by atoms with Gasteiger partial charge in [-0.2, -0.15) is 0 Å². The van der Waals surface area contributed by atoms with Crippen molar-refractivity contribution in [3.8, 4) is 0 Å². The molecule has 0 aliphatic rings. The van der Waals surface area contributed by atoms with Crippen molar-refractivity contribution in [2.45, 2.75) is 0 Å². The van der Waals surface area contributed by atoms with Crippen LogP contribution < -0.4 is 5.32 Å². The molecular weight excluding hydrogens is 395 g/mol.